The van der Waals surface area contributed by atoms with E-state index >= 15 is 0 Å². The topological polar surface area (TPSA) is 80.7 Å². The zero-order valence-corrected chi connectivity index (χ0v) is 19.4. The summed E-state index contributed by atoms with van der Waals surface area (Å²) in [5.74, 6) is -0.0270. The fourth-order valence-electron chi connectivity index (χ4n) is 3.07. The number of rotatable bonds is 7. The summed E-state index contributed by atoms with van der Waals surface area (Å²) in [6.07, 6.45) is 2.97. The van der Waals surface area contributed by atoms with Gasteiger partial charge in [-0.25, -0.2) is 19.9 Å². The molecule has 8 heteroatoms. The Morgan fingerprint density at radius 2 is 1.50 bits per heavy atom. The summed E-state index contributed by atoms with van der Waals surface area (Å²) in [5.41, 5.74) is 5.60. The molecule has 0 spiro atoms. The van der Waals surface area contributed by atoms with Gasteiger partial charge in [0.1, 0.15) is 0 Å². The van der Waals surface area contributed by atoms with Crippen molar-refractivity contribution in [3.05, 3.63) is 58.7 Å². The minimum Gasteiger partial charge on any atom is -0.326 e. The van der Waals surface area contributed by atoms with Crippen LogP contribution in [0.25, 0.3) is 0 Å². The minimum absolute atomic E-state index is 0.0270. The second-order valence-corrected chi connectivity index (χ2v) is 8.78. The summed E-state index contributed by atoms with van der Waals surface area (Å²) in [6, 6.07) is 9.68. The van der Waals surface area contributed by atoms with Gasteiger partial charge < -0.3 is 5.32 Å². The maximum atomic E-state index is 12.4. The Bertz CT molecular complexity index is 1010. The van der Waals surface area contributed by atoms with Crippen LogP contribution in [0.2, 0.25) is 0 Å². The number of nitrogens with one attached hydrogen (secondary N) is 1. The van der Waals surface area contributed by atoms with Gasteiger partial charge in [0.2, 0.25) is 5.91 Å². The first-order valence-corrected chi connectivity index (χ1v) is 11.7. The Morgan fingerprint density at radius 1 is 0.900 bits per heavy atom. The number of aryl methyl sites for hydroxylation is 4. The molecule has 0 bridgehead atoms. The quantitative estimate of drug-likeness (QED) is 0.412. The van der Waals surface area contributed by atoms with Crippen LogP contribution in [0.15, 0.2) is 45.5 Å². The van der Waals surface area contributed by atoms with Crippen LogP contribution in [0.3, 0.4) is 0 Å². The highest BCUT2D eigenvalue weighted by Crippen LogP contribution is 2.26. The van der Waals surface area contributed by atoms with Crippen molar-refractivity contribution in [1.82, 2.24) is 19.9 Å². The van der Waals surface area contributed by atoms with Crippen LogP contribution >= 0.6 is 23.5 Å². The van der Waals surface area contributed by atoms with Crippen molar-refractivity contribution in [2.45, 2.75) is 55.7 Å². The number of thioether (sulfide) groups is 1. The second kappa shape index (κ2) is 10.0. The molecule has 2 heterocycles. The van der Waals surface area contributed by atoms with Crippen LogP contribution in [0.5, 0.6) is 0 Å². The molecule has 0 fully saturated rings. The van der Waals surface area contributed by atoms with Crippen molar-refractivity contribution in [3.8, 4) is 0 Å². The molecule has 0 aliphatic heterocycles. The van der Waals surface area contributed by atoms with Gasteiger partial charge in [0.05, 0.1) is 0 Å². The lowest BCUT2D eigenvalue weighted by Crippen LogP contribution is -2.13. The Hall–Kier alpha value is -2.45. The molecular formula is C22H25N5OS2. The summed E-state index contributed by atoms with van der Waals surface area (Å²) < 4.78 is 0. The van der Waals surface area contributed by atoms with E-state index in [1.807, 2.05) is 64.3 Å². The van der Waals surface area contributed by atoms with Gasteiger partial charge in [-0.3, -0.25) is 4.79 Å². The predicted octanol–water partition coefficient (Wildman–Crippen LogP) is 4.94. The van der Waals surface area contributed by atoms with E-state index in [2.05, 4.69) is 25.3 Å². The molecule has 0 saturated carbocycles. The van der Waals surface area contributed by atoms with Crippen molar-refractivity contribution in [3.63, 3.8) is 0 Å². The van der Waals surface area contributed by atoms with Crippen molar-refractivity contribution in [2.75, 3.05) is 11.6 Å². The highest BCUT2D eigenvalue weighted by Gasteiger charge is 2.11. The molecular weight excluding hydrogens is 414 g/mol. The number of carbonyl (C=O) groups is 1. The predicted molar refractivity (Wildman–Crippen MR) is 122 cm³/mol. The maximum Gasteiger partial charge on any atom is 0.224 e. The monoisotopic (exact) mass is 439 g/mol. The lowest BCUT2D eigenvalue weighted by molar-refractivity contribution is -0.116. The number of nitrogens with zero attached hydrogens (tertiary/aromatic N) is 4. The van der Waals surface area contributed by atoms with Crippen LogP contribution in [-0.4, -0.2) is 32.1 Å². The number of anilines is 1. The summed E-state index contributed by atoms with van der Waals surface area (Å²) >= 11 is 3.03. The van der Waals surface area contributed by atoms with Crippen LogP contribution in [0.4, 0.5) is 5.69 Å². The summed E-state index contributed by atoms with van der Waals surface area (Å²) in [7, 11) is 0. The fourth-order valence-corrected chi connectivity index (χ4v) is 4.39. The first kappa shape index (κ1) is 22.2. The van der Waals surface area contributed by atoms with E-state index in [0.717, 1.165) is 49.2 Å². The summed E-state index contributed by atoms with van der Waals surface area (Å²) in [4.78, 5) is 31.3. The third-order valence-electron chi connectivity index (χ3n) is 4.49. The van der Waals surface area contributed by atoms with E-state index in [1.165, 1.54) is 23.5 Å². The number of hydrogen-bond acceptors (Lipinski definition) is 7. The van der Waals surface area contributed by atoms with Crippen LogP contribution in [0.1, 0.15) is 34.8 Å². The van der Waals surface area contributed by atoms with Crippen LogP contribution < -0.4 is 5.32 Å². The lowest BCUT2D eigenvalue weighted by Gasteiger charge is -2.10. The van der Waals surface area contributed by atoms with E-state index in [0.29, 0.717) is 12.8 Å². The van der Waals surface area contributed by atoms with Crippen molar-refractivity contribution < 1.29 is 4.79 Å². The largest absolute Gasteiger partial charge is 0.326 e. The summed E-state index contributed by atoms with van der Waals surface area (Å²) in [6.45, 7) is 7.86. The Labute approximate surface area is 185 Å². The molecule has 156 valence electrons. The zero-order chi connectivity index (χ0) is 21.7. The van der Waals surface area contributed by atoms with E-state index in [1.54, 1.807) is 0 Å². The molecule has 1 aromatic carbocycles. The first-order chi connectivity index (χ1) is 14.3. The molecule has 1 N–H and O–H groups in total. The van der Waals surface area contributed by atoms with Crippen molar-refractivity contribution in [2.24, 2.45) is 0 Å². The maximum absolute atomic E-state index is 12.4. The third-order valence-corrected chi connectivity index (χ3v) is 5.91. The lowest BCUT2D eigenvalue weighted by atomic mass is 10.1. The highest BCUT2D eigenvalue weighted by molar-refractivity contribution is 7.99. The Balaban J connectivity index is 1.57. The molecule has 30 heavy (non-hydrogen) atoms. The normalized spacial score (nSPS) is 10.8. The molecule has 0 aliphatic carbocycles. The van der Waals surface area contributed by atoms with E-state index < -0.39 is 0 Å². The third kappa shape index (κ3) is 6.03. The van der Waals surface area contributed by atoms with Crippen molar-refractivity contribution >= 4 is 35.1 Å². The molecule has 0 unspecified atom stereocenters. The van der Waals surface area contributed by atoms with Gasteiger partial charge in [0.15, 0.2) is 10.3 Å². The van der Waals surface area contributed by atoms with Gasteiger partial charge in [0.25, 0.3) is 0 Å². The van der Waals surface area contributed by atoms with Gasteiger partial charge in [0, 0.05) is 39.8 Å². The van der Waals surface area contributed by atoms with Crippen LogP contribution in [-0.2, 0) is 11.2 Å². The molecule has 3 aromatic rings. The average Bonchev–Trinajstić information content (AvgIpc) is 2.68. The zero-order valence-electron chi connectivity index (χ0n) is 17.8. The number of amides is 1. The number of hydrogen-bond donors (Lipinski definition) is 1. The van der Waals surface area contributed by atoms with E-state index in [9.17, 15) is 4.79 Å². The van der Waals surface area contributed by atoms with Crippen molar-refractivity contribution in [1.29, 1.82) is 0 Å². The number of aromatic nitrogens is 4. The van der Waals surface area contributed by atoms with E-state index in [-0.39, 0.29) is 5.91 Å². The molecule has 6 nitrogen and oxygen atoms in total. The molecule has 0 saturated heterocycles. The van der Waals surface area contributed by atoms with Crippen LogP contribution in [0, 0.1) is 27.7 Å². The number of benzene rings is 1. The molecule has 0 atom stereocenters. The Kier molecular flexibility index (Phi) is 7.44. The average molecular weight is 440 g/mol. The molecule has 1 amide bonds. The smallest absolute Gasteiger partial charge is 0.224 e. The number of carbonyl (C=O) groups excluding carboxylic acids is 1. The first-order valence-electron chi connectivity index (χ1n) is 9.62. The van der Waals surface area contributed by atoms with Gasteiger partial charge >= 0.3 is 0 Å². The van der Waals surface area contributed by atoms with Gasteiger partial charge in [-0.1, -0.05) is 11.8 Å². The van der Waals surface area contributed by atoms with Gasteiger partial charge in [-0.15, -0.1) is 0 Å². The Morgan fingerprint density at radius 3 is 2.07 bits per heavy atom. The second-order valence-electron chi connectivity index (χ2n) is 6.97. The highest BCUT2D eigenvalue weighted by atomic mass is 32.2. The van der Waals surface area contributed by atoms with Gasteiger partial charge in [-0.05, 0) is 88.0 Å². The molecule has 0 aliphatic rings. The van der Waals surface area contributed by atoms with Gasteiger partial charge in [-0.2, -0.15) is 0 Å². The SMILES string of the molecule is CSc1nc(C)c(CCC(=O)Nc2ccc(Sc3nc(C)cc(C)n3)cc2)c(C)n1. The minimum atomic E-state index is -0.0270. The molecule has 2 aromatic heterocycles. The van der Waals surface area contributed by atoms with E-state index in [4.69, 9.17) is 0 Å². The standard InChI is InChI=1S/C22H25N5OS2/c1-13-12-14(2)24-22(23-13)30-18-8-6-17(7-9-18)27-20(28)11-10-19-15(3)25-21(29-5)26-16(19)4/h6-9,12H,10-11H2,1-5H3,(H,27,28). The summed E-state index contributed by atoms with van der Waals surface area (Å²) in [5, 5.41) is 4.45. The fraction of sp³-hybridized carbons (Fsp3) is 0.318. The molecule has 0 radical (unpaired) electrons. The molecule has 3 rings (SSSR count).